The lowest BCUT2D eigenvalue weighted by molar-refractivity contribution is 0.0948. The molecule has 0 saturated heterocycles. The molecule has 3 aromatic rings. The van der Waals surface area contributed by atoms with E-state index in [0.717, 1.165) is 17.7 Å². The van der Waals surface area contributed by atoms with E-state index in [9.17, 15) is 4.79 Å². The Morgan fingerprint density at radius 2 is 1.85 bits per heavy atom. The maximum Gasteiger partial charge on any atom is 0.251 e. The quantitative estimate of drug-likeness (QED) is 0.743. The number of carbonyl (C=O) groups is 1. The number of nitrogens with zero attached hydrogens (tertiary/aromatic N) is 2. The van der Waals surface area contributed by atoms with E-state index in [0.29, 0.717) is 12.1 Å². The molecule has 1 amide bonds. The second kappa shape index (κ2) is 6.62. The molecule has 1 aromatic heterocycles. The van der Waals surface area contributed by atoms with Crippen molar-refractivity contribution in [2.24, 2.45) is 5.41 Å². The minimum atomic E-state index is -0.0567. The first-order valence-electron chi connectivity index (χ1n) is 9.22. The van der Waals surface area contributed by atoms with Crippen molar-refractivity contribution < 1.29 is 4.79 Å². The summed E-state index contributed by atoms with van der Waals surface area (Å²) < 4.78 is 0. The standard InChI is InChI=1S/C23H23N3O/c1-22(2)15-23(22,19-9-4-3-5-10-19)16-26-21(27)18-8-6-7-17(13-18)20-14-24-11-12-25-20/h3-14H,15-16H2,1-2H3,(H,26,27). The molecule has 1 aliphatic carbocycles. The van der Waals surface area contributed by atoms with E-state index in [1.807, 2.05) is 30.3 Å². The zero-order valence-corrected chi connectivity index (χ0v) is 15.6. The van der Waals surface area contributed by atoms with Crippen LogP contribution in [-0.2, 0) is 5.41 Å². The molecule has 1 unspecified atom stereocenters. The van der Waals surface area contributed by atoms with Crippen molar-refractivity contribution in [2.75, 3.05) is 6.54 Å². The Kier molecular flexibility index (Phi) is 4.27. The van der Waals surface area contributed by atoms with Gasteiger partial charge in [-0.15, -0.1) is 0 Å². The molecular formula is C23H23N3O. The monoisotopic (exact) mass is 357 g/mol. The third-order valence-electron chi connectivity index (χ3n) is 5.78. The highest BCUT2D eigenvalue weighted by atomic mass is 16.1. The third-order valence-corrected chi connectivity index (χ3v) is 5.78. The Labute approximate surface area is 159 Å². The second-order valence-electron chi connectivity index (χ2n) is 7.86. The molecule has 1 atom stereocenters. The van der Waals surface area contributed by atoms with Gasteiger partial charge in [0.05, 0.1) is 11.9 Å². The highest BCUT2D eigenvalue weighted by Gasteiger charge is 2.61. The van der Waals surface area contributed by atoms with Crippen molar-refractivity contribution in [1.29, 1.82) is 0 Å². The van der Waals surface area contributed by atoms with Gasteiger partial charge < -0.3 is 5.32 Å². The van der Waals surface area contributed by atoms with Crippen LogP contribution in [0.3, 0.4) is 0 Å². The number of carbonyl (C=O) groups excluding carboxylic acids is 1. The number of benzene rings is 2. The van der Waals surface area contributed by atoms with Gasteiger partial charge in [-0.05, 0) is 29.5 Å². The zero-order chi connectivity index (χ0) is 18.9. The SMILES string of the molecule is CC1(C)CC1(CNC(=O)c1cccc(-c2cnccn2)c1)c1ccccc1. The minimum Gasteiger partial charge on any atom is -0.351 e. The molecule has 0 spiro atoms. The van der Waals surface area contributed by atoms with Crippen LogP contribution in [0, 0.1) is 5.41 Å². The Hall–Kier alpha value is -3.01. The van der Waals surface area contributed by atoms with E-state index in [-0.39, 0.29) is 16.7 Å². The lowest BCUT2D eigenvalue weighted by Gasteiger charge is -2.22. The number of hydrogen-bond donors (Lipinski definition) is 1. The lowest BCUT2D eigenvalue weighted by atomic mass is 9.87. The van der Waals surface area contributed by atoms with Crippen molar-refractivity contribution >= 4 is 5.91 Å². The Bertz CT molecular complexity index is 954. The molecule has 27 heavy (non-hydrogen) atoms. The van der Waals surface area contributed by atoms with Gasteiger partial charge in [-0.1, -0.05) is 56.3 Å². The van der Waals surface area contributed by atoms with E-state index in [1.54, 1.807) is 18.6 Å². The third kappa shape index (κ3) is 3.23. The van der Waals surface area contributed by atoms with Crippen molar-refractivity contribution in [3.05, 3.63) is 84.3 Å². The fraction of sp³-hybridized carbons (Fsp3) is 0.261. The minimum absolute atomic E-state index is 0.00638. The molecule has 1 aliphatic rings. The maximum atomic E-state index is 12.8. The van der Waals surface area contributed by atoms with Crippen molar-refractivity contribution in [1.82, 2.24) is 15.3 Å². The number of amides is 1. The highest BCUT2D eigenvalue weighted by Crippen LogP contribution is 2.63. The van der Waals surface area contributed by atoms with Gasteiger partial charge in [0.15, 0.2) is 0 Å². The normalized spacial score (nSPS) is 20.1. The number of aromatic nitrogens is 2. The molecule has 0 aliphatic heterocycles. The van der Waals surface area contributed by atoms with E-state index >= 15 is 0 Å². The van der Waals surface area contributed by atoms with Gasteiger partial charge in [-0.3, -0.25) is 14.8 Å². The Morgan fingerprint density at radius 3 is 2.52 bits per heavy atom. The Morgan fingerprint density at radius 1 is 1.07 bits per heavy atom. The first-order valence-corrected chi connectivity index (χ1v) is 9.22. The molecule has 0 bridgehead atoms. The number of hydrogen-bond acceptors (Lipinski definition) is 3. The van der Waals surface area contributed by atoms with Gasteiger partial charge in [-0.2, -0.15) is 0 Å². The van der Waals surface area contributed by atoms with Gasteiger partial charge in [0.25, 0.3) is 5.91 Å². The van der Waals surface area contributed by atoms with Gasteiger partial charge in [0.2, 0.25) is 0 Å². The van der Waals surface area contributed by atoms with E-state index in [4.69, 9.17) is 0 Å². The first-order chi connectivity index (χ1) is 13.0. The summed E-state index contributed by atoms with van der Waals surface area (Å²) in [5.74, 6) is -0.0567. The predicted molar refractivity (Wildman–Crippen MR) is 106 cm³/mol. The number of rotatable bonds is 5. The fourth-order valence-electron chi connectivity index (χ4n) is 3.97. The summed E-state index contributed by atoms with van der Waals surface area (Å²) in [4.78, 5) is 21.2. The molecule has 136 valence electrons. The first kappa shape index (κ1) is 17.4. The average Bonchev–Trinajstić information content (AvgIpc) is 3.29. The van der Waals surface area contributed by atoms with Crippen molar-refractivity contribution in [3.8, 4) is 11.3 Å². The van der Waals surface area contributed by atoms with Crippen LogP contribution < -0.4 is 5.32 Å². The highest BCUT2D eigenvalue weighted by molar-refractivity contribution is 5.95. The summed E-state index contributed by atoms with van der Waals surface area (Å²) >= 11 is 0. The van der Waals surface area contributed by atoms with Gasteiger partial charge >= 0.3 is 0 Å². The van der Waals surface area contributed by atoms with Crippen LogP contribution in [0.25, 0.3) is 11.3 Å². The van der Waals surface area contributed by atoms with E-state index in [2.05, 4.69) is 53.4 Å². The molecule has 4 nitrogen and oxygen atoms in total. The molecule has 1 N–H and O–H groups in total. The topological polar surface area (TPSA) is 54.9 Å². The van der Waals surface area contributed by atoms with Crippen LogP contribution in [-0.4, -0.2) is 22.4 Å². The second-order valence-corrected chi connectivity index (χ2v) is 7.86. The molecule has 4 rings (SSSR count). The molecule has 0 radical (unpaired) electrons. The number of nitrogens with one attached hydrogen (secondary N) is 1. The molecule has 4 heteroatoms. The van der Waals surface area contributed by atoms with Crippen molar-refractivity contribution in [2.45, 2.75) is 25.7 Å². The van der Waals surface area contributed by atoms with E-state index in [1.165, 1.54) is 5.56 Å². The van der Waals surface area contributed by atoms with Crippen LogP contribution in [0.15, 0.2) is 73.2 Å². The van der Waals surface area contributed by atoms with Crippen molar-refractivity contribution in [3.63, 3.8) is 0 Å². The smallest absolute Gasteiger partial charge is 0.251 e. The lowest BCUT2D eigenvalue weighted by Crippen LogP contribution is -2.34. The summed E-state index contributed by atoms with van der Waals surface area (Å²) in [6.45, 7) is 5.17. The molecule has 1 fully saturated rings. The van der Waals surface area contributed by atoms with Gasteiger partial charge in [0, 0.05) is 35.5 Å². The predicted octanol–water partition coefficient (Wildman–Crippen LogP) is 4.24. The summed E-state index contributed by atoms with van der Waals surface area (Å²) in [5.41, 5.74) is 3.77. The summed E-state index contributed by atoms with van der Waals surface area (Å²) in [6.07, 6.45) is 6.07. The van der Waals surface area contributed by atoms with Gasteiger partial charge in [0.1, 0.15) is 0 Å². The molecule has 2 aromatic carbocycles. The maximum absolute atomic E-state index is 12.8. The molecule has 1 heterocycles. The molecule has 1 saturated carbocycles. The average molecular weight is 357 g/mol. The summed E-state index contributed by atoms with van der Waals surface area (Å²) in [7, 11) is 0. The van der Waals surface area contributed by atoms with Crippen LogP contribution in [0.5, 0.6) is 0 Å². The van der Waals surface area contributed by atoms with Gasteiger partial charge in [-0.25, -0.2) is 0 Å². The molecular weight excluding hydrogens is 334 g/mol. The summed E-state index contributed by atoms with van der Waals surface area (Å²) in [5, 5.41) is 3.16. The fourth-order valence-corrected chi connectivity index (χ4v) is 3.97. The van der Waals surface area contributed by atoms with Crippen LogP contribution in [0.1, 0.15) is 36.2 Å². The Balaban J connectivity index is 1.52. The van der Waals surface area contributed by atoms with Crippen LogP contribution >= 0.6 is 0 Å². The van der Waals surface area contributed by atoms with E-state index < -0.39 is 0 Å². The van der Waals surface area contributed by atoms with Crippen LogP contribution in [0.4, 0.5) is 0 Å². The largest absolute Gasteiger partial charge is 0.351 e. The summed E-state index contributed by atoms with van der Waals surface area (Å²) in [6, 6.07) is 18.0. The van der Waals surface area contributed by atoms with Crippen LogP contribution in [0.2, 0.25) is 0 Å². The zero-order valence-electron chi connectivity index (χ0n) is 15.6.